The van der Waals surface area contributed by atoms with Crippen molar-refractivity contribution >= 4 is 6.29 Å². The van der Waals surface area contributed by atoms with Crippen molar-refractivity contribution in [1.29, 1.82) is 0 Å². The molecule has 3 nitrogen and oxygen atoms in total. The van der Waals surface area contributed by atoms with Gasteiger partial charge in [0.05, 0.1) is 7.11 Å². The molecule has 0 aliphatic heterocycles. The van der Waals surface area contributed by atoms with Crippen LogP contribution in [0.1, 0.15) is 11.1 Å². The molecule has 0 atom stereocenters. The summed E-state index contributed by atoms with van der Waals surface area (Å²) in [5, 5.41) is 9.36. The second kappa shape index (κ2) is 3.94. The minimum absolute atomic E-state index is 0.187. The van der Waals surface area contributed by atoms with Crippen molar-refractivity contribution in [2.75, 3.05) is 7.11 Å². The van der Waals surface area contributed by atoms with Gasteiger partial charge in [0, 0.05) is 18.1 Å². The predicted octanol–water partition coefficient (Wildman–Crippen LogP) is 1.45. The summed E-state index contributed by atoms with van der Waals surface area (Å²) in [5.74, 6) is 0.738. The van der Waals surface area contributed by atoms with E-state index in [0.717, 1.165) is 17.4 Å². The maximum Gasteiger partial charge on any atom is 0.126 e. The van der Waals surface area contributed by atoms with Gasteiger partial charge < -0.3 is 14.6 Å². The Morgan fingerprint density at radius 1 is 1.54 bits per heavy atom. The molecule has 1 N–H and O–H groups in total. The SMILES string of the molecule is COc1cc(O)c(C)cc1CC=O. The second-order valence-corrected chi connectivity index (χ2v) is 2.82. The summed E-state index contributed by atoms with van der Waals surface area (Å²) in [6.07, 6.45) is 1.12. The molecular weight excluding hydrogens is 168 g/mol. The topological polar surface area (TPSA) is 46.5 Å². The molecule has 3 heteroatoms. The number of aldehydes is 1. The third-order valence-electron chi connectivity index (χ3n) is 1.90. The number of benzene rings is 1. The molecule has 0 amide bonds. The fraction of sp³-hybridized carbons (Fsp3) is 0.300. The Morgan fingerprint density at radius 2 is 2.23 bits per heavy atom. The third kappa shape index (κ3) is 1.99. The van der Waals surface area contributed by atoms with Gasteiger partial charge in [-0.1, -0.05) is 0 Å². The summed E-state index contributed by atoms with van der Waals surface area (Å²) >= 11 is 0. The smallest absolute Gasteiger partial charge is 0.126 e. The first-order chi connectivity index (χ1) is 6.19. The van der Waals surface area contributed by atoms with Crippen LogP contribution < -0.4 is 4.74 Å². The van der Waals surface area contributed by atoms with E-state index in [1.165, 1.54) is 13.2 Å². The number of rotatable bonds is 3. The van der Waals surface area contributed by atoms with E-state index in [4.69, 9.17) is 4.74 Å². The Kier molecular flexibility index (Phi) is 2.90. The lowest BCUT2D eigenvalue weighted by molar-refractivity contribution is -0.107. The van der Waals surface area contributed by atoms with Gasteiger partial charge in [-0.05, 0) is 18.6 Å². The van der Waals surface area contributed by atoms with E-state index in [1.807, 2.05) is 0 Å². The van der Waals surface area contributed by atoms with E-state index >= 15 is 0 Å². The Morgan fingerprint density at radius 3 is 2.77 bits per heavy atom. The minimum Gasteiger partial charge on any atom is -0.508 e. The zero-order chi connectivity index (χ0) is 9.84. The van der Waals surface area contributed by atoms with Crippen molar-refractivity contribution in [3.8, 4) is 11.5 Å². The number of carbonyl (C=O) groups is 1. The highest BCUT2D eigenvalue weighted by Gasteiger charge is 2.06. The highest BCUT2D eigenvalue weighted by molar-refractivity contribution is 5.59. The van der Waals surface area contributed by atoms with Crippen LogP contribution in [0.2, 0.25) is 0 Å². The largest absolute Gasteiger partial charge is 0.508 e. The molecule has 1 aromatic carbocycles. The number of phenolic OH excluding ortho intramolecular Hbond substituents is 1. The van der Waals surface area contributed by atoms with Crippen molar-refractivity contribution < 1.29 is 14.6 Å². The number of carbonyl (C=O) groups excluding carboxylic acids is 1. The van der Waals surface area contributed by atoms with E-state index in [9.17, 15) is 9.90 Å². The highest BCUT2D eigenvalue weighted by Crippen LogP contribution is 2.27. The molecule has 0 aliphatic rings. The van der Waals surface area contributed by atoms with Crippen molar-refractivity contribution in [2.24, 2.45) is 0 Å². The summed E-state index contributed by atoms with van der Waals surface area (Å²) in [6.45, 7) is 1.78. The molecule has 1 aromatic rings. The summed E-state index contributed by atoms with van der Waals surface area (Å²) in [6, 6.07) is 3.27. The molecule has 0 fully saturated rings. The van der Waals surface area contributed by atoms with E-state index in [1.54, 1.807) is 13.0 Å². The Balaban J connectivity index is 3.15. The number of hydrogen-bond acceptors (Lipinski definition) is 3. The molecule has 1 rings (SSSR count). The van der Waals surface area contributed by atoms with E-state index < -0.39 is 0 Å². The molecule has 13 heavy (non-hydrogen) atoms. The van der Waals surface area contributed by atoms with Gasteiger partial charge in [-0.15, -0.1) is 0 Å². The number of phenols is 1. The molecule has 0 aliphatic carbocycles. The maximum absolute atomic E-state index is 10.3. The van der Waals surface area contributed by atoms with Crippen molar-refractivity contribution in [3.63, 3.8) is 0 Å². The first-order valence-corrected chi connectivity index (χ1v) is 3.99. The van der Waals surface area contributed by atoms with Crippen LogP contribution in [-0.4, -0.2) is 18.5 Å². The van der Waals surface area contributed by atoms with Crippen LogP contribution in [0.25, 0.3) is 0 Å². The van der Waals surface area contributed by atoms with Gasteiger partial charge in [-0.25, -0.2) is 0 Å². The summed E-state index contributed by atoms with van der Waals surface area (Å²) in [5.41, 5.74) is 1.55. The lowest BCUT2D eigenvalue weighted by atomic mass is 10.1. The van der Waals surface area contributed by atoms with Crippen molar-refractivity contribution in [3.05, 3.63) is 23.3 Å². The van der Waals surface area contributed by atoms with Gasteiger partial charge in [0.2, 0.25) is 0 Å². The second-order valence-electron chi connectivity index (χ2n) is 2.82. The zero-order valence-electron chi connectivity index (χ0n) is 7.70. The first kappa shape index (κ1) is 9.58. The number of methoxy groups -OCH3 is 1. The van der Waals surface area contributed by atoms with Gasteiger partial charge in [0.1, 0.15) is 17.8 Å². The third-order valence-corrected chi connectivity index (χ3v) is 1.90. The van der Waals surface area contributed by atoms with E-state index in [2.05, 4.69) is 0 Å². The number of aromatic hydroxyl groups is 1. The molecule has 0 bridgehead atoms. The van der Waals surface area contributed by atoms with Gasteiger partial charge in [-0.3, -0.25) is 0 Å². The monoisotopic (exact) mass is 180 g/mol. The Hall–Kier alpha value is -1.51. The molecule has 0 saturated heterocycles. The molecule has 0 aromatic heterocycles. The van der Waals surface area contributed by atoms with Crippen LogP contribution >= 0.6 is 0 Å². The Labute approximate surface area is 77.0 Å². The first-order valence-electron chi connectivity index (χ1n) is 3.99. The number of hydrogen-bond donors (Lipinski definition) is 1. The summed E-state index contributed by atoms with van der Waals surface area (Å²) < 4.78 is 5.01. The lowest BCUT2D eigenvalue weighted by Crippen LogP contribution is -1.94. The zero-order valence-corrected chi connectivity index (χ0v) is 7.70. The molecular formula is C10H12O3. The van der Waals surface area contributed by atoms with Gasteiger partial charge in [-0.2, -0.15) is 0 Å². The van der Waals surface area contributed by atoms with Gasteiger partial charge >= 0.3 is 0 Å². The highest BCUT2D eigenvalue weighted by atomic mass is 16.5. The average molecular weight is 180 g/mol. The minimum atomic E-state index is 0.187. The molecule has 0 heterocycles. The quantitative estimate of drug-likeness (QED) is 0.716. The van der Waals surface area contributed by atoms with Crippen molar-refractivity contribution in [1.82, 2.24) is 0 Å². The number of ether oxygens (including phenoxy) is 1. The van der Waals surface area contributed by atoms with Gasteiger partial charge in [0.15, 0.2) is 0 Å². The van der Waals surface area contributed by atoms with Crippen LogP contribution in [0.5, 0.6) is 11.5 Å². The number of aryl methyl sites for hydroxylation is 1. The lowest BCUT2D eigenvalue weighted by Gasteiger charge is -2.08. The normalized spacial score (nSPS) is 9.69. The maximum atomic E-state index is 10.3. The fourth-order valence-corrected chi connectivity index (χ4v) is 1.18. The van der Waals surface area contributed by atoms with Crippen LogP contribution in [0, 0.1) is 6.92 Å². The van der Waals surface area contributed by atoms with E-state index in [0.29, 0.717) is 12.2 Å². The van der Waals surface area contributed by atoms with Crippen LogP contribution in [0.3, 0.4) is 0 Å². The van der Waals surface area contributed by atoms with Crippen molar-refractivity contribution in [2.45, 2.75) is 13.3 Å². The Bertz CT molecular complexity index is 318. The summed E-state index contributed by atoms with van der Waals surface area (Å²) in [7, 11) is 1.51. The summed E-state index contributed by atoms with van der Waals surface area (Å²) in [4.78, 5) is 10.3. The average Bonchev–Trinajstić information content (AvgIpc) is 2.11. The molecule has 0 spiro atoms. The van der Waals surface area contributed by atoms with Gasteiger partial charge in [0.25, 0.3) is 0 Å². The van der Waals surface area contributed by atoms with Crippen LogP contribution in [-0.2, 0) is 11.2 Å². The van der Waals surface area contributed by atoms with Crippen LogP contribution in [0.15, 0.2) is 12.1 Å². The van der Waals surface area contributed by atoms with E-state index in [-0.39, 0.29) is 5.75 Å². The standard InChI is InChI=1S/C10H12O3/c1-7-5-8(3-4-11)10(13-2)6-9(7)12/h4-6,12H,3H2,1-2H3. The predicted molar refractivity (Wildman–Crippen MR) is 49.2 cm³/mol. The molecule has 0 unspecified atom stereocenters. The molecule has 0 saturated carbocycles. The van der Waals surface area contributed by atoms with Crippen LogP contribution in [0.4, 0.5) is 0 Å². The fourth-order valence-electron chi connectivity index (χ4n) is 1.18. The molecule has 70 valence electrons. The molecule has 0 radical (unpaired) electrons.